The molecule has 1 atom stereocenters. The Bertz CT molecular complexity index is 1130. The molecule has 1 fully saturated rings. The molecule has 9 nitrogen and oxygen atoms in total. The molecule has 3 aromatic rings. The lowest BCUT2D eigenvalue weighted by atomic mass is 10.1. The number of aromatic nitrogens is 4. The van der Waals surface area contributed by atoms with Crippen molar-refractivity contribution in [2.45, 2.75) is 25.9 Å². The number of amides is 1. The lowest BCUT2D eigenvalue weighted by molar-refractivity contribution is 0.0764. The van der Waals surface area contributed by atoms with Gasteiger partial charge in [0.1, 0.15) is 18.1 Å². The van der Waals surface area contributed by atoms with Crippen LogP contribution in [0.15, 0.2) is 30.6 Å². The van der Waals surface area contributed by atoms with Crippen molar-refractivity contribution < 1.29 is 23.4 Å². The van der Waals surface area contributed by atoms with E-state index in [2.05, 4.69) is 20.2 Å². The third-order valence-electron chi connectivity index (χ3n) is 5.35. The lowest BCUT2D eigenvalue weighted by Gasteiger charge is -2.16. The fourth-order valence-corrected chi connectivity index (χ4v) is 3.69. The summed E-state index contributed by atoms with van der Waals surface area (Å²) >= 11 is 0. The van der Waals surface area contributed by atoms with Crippen molar-refractivity contribution in [2.75, 3.05) is 19.9 Å². The molecule has 10 heteroatoms. The first-order valence-corrected chi connectivity index (χ1v) is 10.0. The van der Waals surface area contributed by atoms with Gasteiger partial charge in [-0.1, -0.05) is 6.92 Å². The van der Waals surface area contributed by atoms with Crippen LogP contribution in [0.1, 0.15) is 29.5 Å². The molecule has 0 unspecified atom stereocenters. The molecule has 1 aromatic carbocycles. The van der Waals surface area contributed by atoms with E-state index in [9.17, 15) is 9.18 Å². The minimum Gasteiger partial charge on any atom is -0.470 e. The summed E-state index contributed by atoms with van der Waals surface area (Å²) < 4.78 is 30.8. The number of hydrogen-bond donors (Lipinski definition) is 1. The Balaban J connectivity index is 1.26. The number of likely N-dealkylation sites (tertiary alicyclic amines) is 1. The average Bonchev–Trinajstić information content (AvgIpc) is 3.54. The van der Waals surface area contributed by atoms with Gasteiger partial charge >= 0.3 is 0 Å². The molecule has 4 heterocycles. The van der Waals surface area contributed by atoms with E-state index in [0.717, 1.165) is 5.56 Å². The molecule has 31 heavy (non-hydrogen) atoms. The molecular formula is C21H20FN5O4. The Labute approximate surface area is 177 Å². The Morgan fingerprint density at radius 3 is 3.03 bits per heavy atom. The van der Waals surface area contributed by atoms with Crippen molar-refractivity contribution in [1.29, 1.82) is 0 Å². The van der Waals surface area contributed by atoms with Gasteiger partial charge in [0.2, 0.25) is 12.6 Å². The number of ether oxygens (including phenoxy) is 3. The standard InChI is InChI=1S/C21H20FN5O4/c1-2-14-19(22)20(24-10-23-14)31-13-5-6-27(9-13)21(28)16-8-15(25-26-16)12-3-4-17-18(7-12)30-11-29-17/h3-4,7-8,10,13H,2,5-6,9,11H2,1H3,(H,25,26)/t13-/m1/s1. The molecule has 2 aliphatic heterocycles. The second-order valence-electron chi connectivity index (χ2n) is 7.31. The van der Waals surface area contributed by atoms with Crippen LogP contribution >= 0.6 is 0 Å². The van der Waals surface area contributed by atoms with E-state index in [1.54, 1.807) is 11.0 Å². The van der Waals surface area contributed by atoms with Crippen LogP contribution in [0.5, 0.6) is 17.4 Å². The monoisotopic (exact) mass is 425 g/mol. The summed E-state index contributed by atoms with van der Waals surface area (Å²) in [5.41, 5.74) is 2.12. The van der Waals surface area contributed by atoms with Crippen LogP contribution in [0, 0.1) is 5.82 Å². The van der Waals surface area contributed by atoms with Crippen LogP contribution in [0.2, 0.25) is 0 Å². The second-order valence-corrected chi connectivity index (χ2v) is 7.31. The number of nitrogens with zero attached hydrogens (tertiary/aromatic N) is 4. The topological polar surface area (TPSA) is 102 Å². The third-order valence-corrected chi connectivity index (χ3v) is 5.35. The number of hydrogen-bond acceptors (Lipinski definition) is 7. The number of halogens is 1. The highest BCUT2D eigenvalue weighted by atomic mass is 19.1. The van der Waals surface area contributed by atoms with Crippen LogP contribution in [0.4, 0.5) is 4.39 Å². The first-order valence-electron chi connectivity index (χ1n) is 10.0. The molecule has 0 bridgehead atoms. The SMILES string of the molecule is CCc1ncnc(O[C@@H]2CCN(C(=O)c3cc(-c4ccc5c(c4)OCO5)n[nH]3)C2)c1F. The number of fused-ring (bicyclic) bond motifs is 1. The van der Waals surface area contributed by atoms with Crippen LogP contribution in [0.25, 0.3) is 11.3 Å². The highest BCUT2D eigenvalue weighted by Gasteiger charge is 2.30. The Morgan fingerprint density at radius 1 is 1.29 bits per heavy atom. The normalized spacial score (nSPS) is 17.2. The Morgan fingerprint density at radius 2 is 2.16 bits per heavy atom. The Hall–Kier alpha value is -3.69. The van der Waals surface area contributed by atoms with Gasteiger partial charge in [0, 0.05) is 18.5 Å². The minimum absolute atomic E-state index is 0.0715. The van der Waals surface area contributed by atoms with Crippen molar-refractivity contribution >= 4 is 5.91 Å². The van der Waals surface area contributed by atoms with Gasteiger partial charge in [0.15, 0.2) is 11.5 Å². The molecule has 0 aliphatic carbocycles. The largest absolute Gasteiger partial charge is 0.470 e. The van der Waals surface area contributed by atoms with E-state index in [1.165, 1.54) is 6.33 Å². The number of benzene rings is 1. The first kappa shape index (κ1) is 19.3. The van der Waals surface area contributed by atoms with Crippen LogP contribution in [-0.4, -0.2) is 57.0 Å². The maximum absolute atomic E-state index is 14.3. The summed E-state index contributed by atoms with van der Waals surface area (Å²) in [6.45, 7) is 2.84. The van der Waals surface area contributed by atoms with E-state index in [-0.39, 0.29) is 24.7 Å². The highest BCUT2D eigenvalue weighted by Crippen LogP contribution is 2.35. The van der Waals surface area contributed by atoms with Crippen molar-refractivity contribution in [1.82, 2.24) is 25.1 Å². The number of carbonyl (C=O) groups is 1. The maximum atomic E-state index is 14.3. The molecule has 1 amide bonds. The third kappa shape index (κ3) is 3.65. The Kier molecular flexibility index (Phi) is 4.89. The molecular weight excluding hydrogens is 405 g/mol. The molecule has 0 radical (unpaired) electrons. The molecule has 160 valence electrons. The van der Waals surface area contributed by atoms with Crippen LogP contribution < -0.4 is 14.2 Å². The number of carbonyl (C=O) groups excluding carboxylic acids is 1. The van der Waals surface area contributed by atoms with Gasteiger partial charge in [-0.15, -0.1) is 0 Å². The fourth-order valence-electron chi connectivity index (χ4n) is 3.69. The summed E-state index contributed by atoms with van der Waals surface area (Å²) in [5.74, 6) is 0.526. The quantitative estimate of drug-likeness (QED) is 0.670. The fraction of sp³-hybridized carbons (Fsp3) is 0.333. The summed E-state index contributed by atoms with van der Waals surface area (Å²) in [6.07, 6.45) is 1.98. The van der Waals surface area contributed by atoms with E-state index >= 15 is 0 Å². The molecule has 5 rings (SSSR count). The molecule has 2 aromatic heterocycles. The van der Waals surface area contributed by atoms with Gasteiger partial charge < -0.3 is 19.1 Å². The van der Waals surface area contributed by atoms with Crippen LogP contribution in [0.3, 0.4) is 0 Å². The zero-order valence-electron chi connectivity index (χ0n) is 16.8. The zero-order chi connectivity index (χ0) is 21.4. The van der Waals surface area contributed by atoms with Gasteiger partial charge in [0.05, 0.1) is 17.9 Å². The maximum Gasteiger partial charge on any atom is 0.272 e. The highest BCUT2D eigenvalue weighted by molar-refractivity contribution is 5.93. The van der Waals surface area contributed by atoms with Gasteiger partial charge in [0.25, 0.3) is 11.8 Å². The number of rotatable bonds is 5. The van der Waals surface area contributed by atoms with Crippen molar-refractivity contribution in [2.24, 2.45) is 0 Å². The summed E-state index contributed by atoms with van der Waals surface area (Å²) in [5, 5.41) is 7.06. The van der Waals surface area contributed by atoms with Crippen molar-refractivity contribution in [3.8, 4) is 28.6 Å². The van der Waals surface area contributed by atoms with Gasteiger partial charge in [-0.25, -0.2) is 4.98 Å². The van der Waals surface area contributed by atoms with Gasteiger partial charge in [-0.2, -0.15) is 14.5 Å². The van der Waals surface area contributed by atoms with Gasteiger partial charge in [-0.05, 0) is 30.7 Å². The summed E-state index contributed by atoms with van der Waals surface area (Å²) in [7, 11) is 0. The molecule has 0 saturated carbocycles. The van der Waals surface area contributed by atoms with E-state index in [0.29, 0.717) is 54.5 Å². The van der Waals surface area contributed by atoms with Crippen molar-refractivity contribution in [3.63, 3.8) is 0 Å². The average molecular weight is 425 g/mol. The number of aromatic amines is 1. The van der Waals surface area contributed by atoms with E-state index in [4.69, 9.17) is 14.2 Å². The van der Waals surface area contributed by atoms with Gasteiger partial charge in [-0.3, -0.25) is 9.89 Å². The smallest absolute Gasteiger partial charge is 0.272 e. The van der Waals surface area contributed by atoms with E-state index in [1.807, 2.05) is 25.1 Å². The number of nitrogens with one attached hydrogen (secondary N) is 1. The summed E-state index contributed by atoms with van der Waals surface area (Å²) in [6, 6.07) is 7.20. The second kappa shape index (κ2) is 7.86. The predicted molar refractivity (Wildman–Crippen MR) is 106 cm³/mol. The van der Waals surface area contributed by atoms with Crippen molar-refractivity contribution in [3.05, 3.63) is 47.8 Å². The molecule has 0 spiro atoms. The molecule has 1 N–H and O–H groups in total. The summed E-state index contributed by atoms with van der Waals surface area (Å²) in [4.78, 5) is 22.4. The molecule has 1 saturated heterocycles. The minimum atomic E-state index is -0.545. The zero-order valence-corrected chi connectivity index (χ0v) is 16.8. The predicted octanol–water partition coefficient (Wildman–Crippen LogP) is 2.59. The lowest BCUT2D eigenvalue weighted by Crippen LogP contribution is -2.31. The number of H-pyrrole nitrogens is 1. The van der Waals surface area contributed by atoms with Crippen LogP contribution in [-0.2, 0) is 6.42 Å². The number of aryl methyl sites for hydroxylation is 1. The van der Waals surface area contributed by atoms with E-state index < -0.39 is 5.82 Å². The first-order chi connectivity index (χ1) is 15.1. The molecule has 2 aliphatic rings.